The van der Waals surface area contributed by atoms with Crippen LogP contribution in [0.4, 0.5) is 23.2 Å². The van der Waals surface area contributed by atoms with E-state index in [1.54, 1.807) is 41.5 Å². The quantitative estimate of drug-likeness (QED) is 0.171. The summed E-state index contributed by atoms with van der Waals surface area (Å²) in [6.07, 6.45) is -5.48. The molecule has 0 aliphatic carbocycles. The molecule has 0 unspecified atom stereocenters. The third-order valence-corrected chi connectivity index (χ3v) is 7.62. The van der Waals surface area contributed by atoms with E-state index in [1.165, 1.54) is 12.1 Å². The third kappa shape index (κ3) is 10.7. The smallest absolute Gasteiger partial charge is 0.460 e. The molecule has 3 rings (SSSR count). The van der Waals surface area contributed by atoms with Crippen LogP contribution in [-0.4, -0.2) is 37.8 Å². The molecule has 1 amide bonds. The Balaban J connectivity index is 2.02. The average molecular weight is 710 g/mol. The van der Waals surface area contributed by atoms with Crippen LogP contribution < -0.4 is 19.5 Å². The van der Waals surface area contributed by atoms with Crippen molar-refractivity contribution in [1.82, 2.24) is 5.32 Å². The van der Waals surface area contributed by atoms with Gasteiger partial charge in [-0.25, -0.2) is 12.8 Å². The van der Waals surface area contributed by atoms with Crippen molar-refractivity contribution in [2.75, 3.05) is 4.72 Å². The highest BCUT2D eigenvalue weighted by Crippen LogP contribution is 2.38. The maximum Gasteiger partial charge on any atom is 0.573 e. The van der Waals surface area contributed by atoms with Crippen LogP contribution in [-0.2, 0) is 26.0 Å². The van der Waals surface area contributed by atoms with Gasteiger partial charge < -0.3 is 19.5 Å². The molecule has 9 nitrogen and oxygen atoms in total. The highest BCUT2D eigenvalue weighted by molar-refractivity contribution is 7.92. The summed E-state index contributed by atoms with van der Waals surface area (Å²) in [5.41, 5.74) is -1.89. The van der Waals surface area contributed by atoms with Crippen LogP contribution in [0.3, 0.4) is 0 Å². The highest BCUT2D eigenvalue weighted by atomic mass is 35.5. The molecule has 250 valence electrons. The Bertz CT molecular complexity index is 1750. The Hall–Kier alpha value is -3.75. The summed E-state index contributed by atoms with van der Waals surface area (Å²) >= 11 is 12.3. The van der Waals surface area contributed by atoms with E-state index >= 15 is 4.39 Å². The minimum atomic E-state index is -5.04. The minimum absolute atomic E-state index is 0.00927. The van der Waals surface area contributed by atoms with Gasteiger partial charge in [-0.05, 0) is 77.9 Å². The van der Waals surface area contributed by atoms with Crippen molar-refractivity contribution in [2.24, 2.45) is 0 Å². The summed E-state index contributed by atoms with van der Waals surface area (Å²) in [6.45, 7) is 10.1. The van der Waals surface area contributed by atoms with Crippen molar-refractivity contribution in [3.63, 3.8) is 0 Å². The molecule has 0 heterocycles. The van der Waals surface area contributed by atoms with Gasteiger partial charge in [0, 0.05) is 28.8 Å². The molecular weight excluding hydrogens is 679 g/mol. The number of carbonyl (C=O) groups is 2. The number of hydrogen-bond acceptors (Lipinski definition) is 7. The zero-order chi connectivity index (χ0) is 34.8. The first-order valence-corrected chi connectivity index (χ1v) is 15.6. The first-order chi connectivity index (χ1) is 20.9. The van der Waals surface area contributed by atoms with Crippen molar-refractivity contribution in [1.29, 1.82) is 0 Å². The first kappa shape index (κ1) is 36.7. The van der Waals surface area contributed by atoms with Crippen molar-refractivity contribution >= 4 is 50.8 Å². The fourth-order valence-electron chi connectivity index (χ4n) is 3.78. The summed E-state index contributed by atoms with van der Waals surface area (Å²) in [5.74, 6) is -3.43. The predicted molar refractivity (Wildman–Crippen MR) is 164 cm³/mol. The van der Waals surface area contributed by atoms with Crippen molar-refractivity contribution < 1.29 is 49.8 Å². The number of sulfonamides is 1. The maximum atomic E-state index is 15.0. The molecule has 0 aromatic heterocycles. The van der Waals surface area contributed by atoms with E-state index < -0.39 is 67.3 Å². The van der Waals surface area contributed by atoms with Gasteiger partial charge in [-0.3, -0.25) is 14.3 Å². The van der Waals surface area contributed by atoms with Crippen LogP contribution in [0, 0.1) is 5.82 Å². The van der Waals surface area contributed by atoms with Gasteiger partial charge in [0.2, 0.25) is 0 Å². The Morgan fingerprint density at radius 1 is 0.870 bits per heavy atom. The van der Waals surface area contributed by atoms with Crippen LogP contribution in [0.15, 0.2) is 53.4 Å². The fraction of sp³-hybridized carbons (Fsp3) is 0.333. The van der Waals surface area contributed by atoms with Crippen molar-refractivity contribution in [3.05, 3.63) is 75.5 Å². The molecule has 0 aliphatic heterocycles. The van der Waals surface area contributed by atoms with Crippen LogP contribution >= 0.6 is 23.2 Å². The molecule has 0 saturated heterocycles. The lowest BCUT2D eigenvalue weighted by molar-refractivity contribution is -0.274. The van der Waals surface area contributed by atoms with Crippen LogP contribution in [0.1, 0.15) is 57.5 Å². The standard InChI is InChI=1S/C30H30Cl2F4N2O7S/c1-28(2,3)37-27(40)16-7-9-23(43-24-15-21(33)17(11-19(24)31)13-26(39)45-29(4,5)6)22(12-16)38-46(41,42)25-10-8-18(14-20(25)32)44-30(34,35)36/h7-12,14-15,38H,13H2,1-6H3,(H,37,40). The Labute approximate surface area is 273 Å². The van der Waals surface area contributed by atoms with Gasteiger partial charge in [-0.15, -0.1) is 13.2 Å². The minimum Gasteiger partial charge on any atom is -0.460 e. The molecule has 0 saturated carbocycles. The Morgan fingerprint density at radius 2 is 1.52 bits per heavy atom. The molecule has 0 aliphatic rings. The van der Waals surface area contributed by atoms with Gasteiger partial charge in [0.15, 0.2) is 5.75 Å². The number of amides is 1. The molecule has 3 aromatic rings. The van der Waals surface area contributed by atoms with Gasteiger partial charge in [0.05, 0.1) is 22.2 Å². The van der Waals surface area contributed by atoms with Crippen LogP contribution in [0.2, 0.25) is 10.0 Å². The SMILES string of the molecule is CC(C)(C)NC(=O)c1ccc(Oc2cc(F)c(CC(=O)OC(C)(C)C)cc2Cl)c(NS(=O)(=O)c2ccc(OC(F)(F)F)cc2Cl)c1. The summed E-state index contributed by atoms with van der Waals surface area (Å²) in [4.78, 5) is 24.5. The van der Waals surface area contributed by atoms with E-state index in [0.29, 0.717) is 6.07 Å². The second kappa shape index (κ2) is 13.5. The number of anilines is 1. The largest absolute Gasteiger partial charge is 0.573 e. The van der Waals surface area contributed by atoms with Gasteiger partial charge >= 0.3 is 12.3 Å². The zero-order valence-corrected chi connectivity index (χ0v) is 27.7. The third-order valence-electron chi connectivity index (χ3n) is 5.48. The zero-order valence-electron chi connectivity index (χ0n) is 25.4. The molecular formula is C30H30Cl2F4N2O7S. The number of halogens is 6. The van der Waals surface area contributed by atoms with Crippen LogP contribution in [0.5, 0.6) is 17.2 Å². The number of ether oxygens (including phenoxy) is 3. The second-order valence-corrected chi connectivity index (χ2v) is 14.4. The molecule has 46 heavy (non-hydrogen) atoms. The summed E-state index contributed by atoms with van der Waals surface area (Å²) in [7, 11) is -4.64. The lowest BCUT2D eigenvalue weighted by Crippen LogP contribution is -2.40. The number of esters is 1. The lowest BCUT2D eigenvalue weighted by atomic mass is 10.1. The van der Waals surface area contributed by atoms with Gasteiger partial charge in [-0.1, -0.05) is 23.2 Å². The summed E-state index contributed by atoms with van der Waals surface area (Å²) in [5, 5.41) is 1.97. The lowest BCUT2D eigenvalue weighted by Gasteiger charge is -2.21. The van der Waals surface area contributed by atoms with E-state index in [-0.39, 0.29) is 33.3 Å². The highest BCUT2D eigenvalue weighted by Gasteiger charge is 2.32. The maximum absolute atomic E-state index is 15.0. The van der Waals surface area contributed by atoms with Crippen molar-refractivity contribution in [3.8, 4) is 17.2 Å². The molecule has 0 fully saturated rings. The monoisotopic (exact) mass is 708 g/mol. The molecule has 0 spiro atoms. The number of benzene rings is 3. The summed E-state index contributed by atoms with van der Waals surface area (Å²) in [6, 6.07) is 7.90. The van der Waals surface area contributed by atoms with E-state index in [4.69, 9.17) is 32.7 Å². The van der Waals surface area contributed by atoms with E-state index in [0.717, 1.165) is 30.3 Å². The normalized spacial score (nSPS) is 12.3. The van der Waals surface area contributed by atoms with E-state index in [2.05, 4.69) is 14.8 Å². The second-order valence-electron chi connectivity index (χ2n) is 11.9. The first-order valence-electron chi connectivity index (χ1n) is 13.3. The van der Waals surface area contributed by atoms with E-state index in [9.17, 15) is 31.2 Å². The Kier molecular flexibility index (Phi) is 10.8. The Morgan fingerprint density at radius 3 is 2.09 bits per heavy atom. The van der Waals surface area contributed by atoms with Crippen LogP contribution in [0.25, 0.3) is 0 Å². The molecule has 0 atom stereocenters. The molecule has 2 N–H and O–H groups in total. The van der Waals surface area contributed by atoms with Gasteiger partial charge in [-0.2, -0.15) is 0 Å². The average Bonchev–Trinajstić information content (AvgIpc) is 2.84. The topological polar surface area (TPSA) is 120 Å². The predicted octanol–water partition coefficient (Wildman–Crippen LogP) is 8.04. The van der Waals surface area contributed by atoms with Gasteiger partial charge in [0.1, 0.15) is 27.8 Å². The van der Waals surface area contributed by atoms with Gasteiger partial charge in [0.25, 0.3) is 15.9 Å². The number of rotatable bonds is 9. The number of nitrogens with one attached hydrogen (secondary N) is 2. The fourth-order valence-corrected chi connectivity index (χ4v) is 5.61. The molecule has 3 aromatic carbocycles. The number of alkyl halides is 3. The number of carbonyl (C=O) groups excluding carboxylic acids is 2. The molecule has 16 heteroatoms. The van der Waals surface area contributed by atoms with Crippen molar-refractivity contribution in [2.45, 2.75) is 70.4 Å². The number of hydrogen-bond donors (Lipinski definition) is 2. The van der Waals surface area contributed by atoms with E-state index in [1.807, 2.05) is 0 Å². The molecule has 0 bridgehead atoms. The summed E-state index contributed by atoms with van der Waals surface area (Å²) < 4.78 is 96.5. The molecule has 0 radical (unpaired) electrons.